The molecule has 0 saturated carbocycles. The Balaban J connectivity index is 0. The van der Waals surface area contributed by atoms with E-state index in [2.05, 4.69) is 5.10 Å². The van der Waals surface area contributed by atoms with E-state index in [1.807, 2.05) is 47.6 Å². The molecule has 0 amide bonds. The summed E-state index contributed by atoms with van der Waals surface area (Å²) in [4.78, 5) is 11.0. The summed E-state index contributed by atoms with van der Waals surface area (Å²) in [5.41, 5.74) is 1.60. The molecular formula is C12H24N2O. The maximum Gasteiger partial charge on any atom is 0.177 e. The zero-order valence-electron chi connectivity index (χ0n) is 11.1. The molecule has 0 aliphatic heterocycles. The molecule has 1 heterocycles. The molecule has 0 saturated heterocycles. The van der Waals surface area contributed by atoms with Crippen LogP contribution in [0.4, 0.5) is 0 Å². The lowest BCUT2D eigenvalue weighted by Crippen LogP contribution is -2.05. The molecule has 0 atom stereocenters. The van der Waals surface area contributed by atoms with Gasteiger partial charge in [-0.1, -0.05) is 27.7 Å². The molecule has 0 unspecified atom stereocenters. The maximum atomic E-state index is 11.0. The van der Waals surface area contributed by atoms with Gasteiger partial charge in [0.15, 0.2) is 5.78 Å². The van der Waals surface area contributed by atoms with Crippen LogP contribution >= 0.6 is 0 Å². The van der Waals surface area contributed by atoms with Gasteiger partial charge in [0.25, 0.3) is 0 Å². The fourth-order valence-electron chi connectivity index (χ4n) is 1.07. The summed E-state index contributed by atoms with van der Waals surface area (Å²) in [6, 6.07) is 1.81. The van der Waals surface area contributed by atoms with Crippen LogP contribution in [0.15, 0.2) is 6.07 Å². The van der Waals surface area contributed by atoms with Gasteiger partial charge in [-0.2, -0.15) is 5.10 Å². The standard InChI is InChI=1S/C8H12N2O.2C2H6/c1-4-10-8(7(3)11)5-6(2)9-10;2*1-2/h5H,4H2,1-3H3;2*1-2H3. The summed E-state index contributed by atoms with van der Waals surface area (Å²) in [7, 11) is 0. The zero-order chi connectivity index (χ0) is 12.4. The second-order valence-corrected chi connectivity index (χ2v) is 2.54. The van der Waals surface area contributed by atoms with Gasteiger partial charge in [-0.3, -0.25) is 9.48 Å². The number of carbonyl (C=O) groups is 1. The Labute approximate surface area is 93.5 Å². The molecule has 0 fully saturated rings. The largest absolute Gasteiger partial charge is 0.293 e. The van der Waals surface area contributed by atoms with Gasteiger partial charge >= 0.3 is 0 Å². The monoisotopic (exact) mass is 212 g/mol. The van der Waals surface area contributed by atoms with Gasteiger partial charge in [-0.15, -0.1) is 0 Å². The number of aryl methyl sites for hydroxylation is 2. The van der Waals surface area contributed by atoms with E-state index in [-0.39, 0.29) is 5.78 Å². The molecule has 0 N–H and O–H groups in total. The van der Waals surface area contributed by atoms with Gasteiger partial charge in [-0.05, 0) is 19.9 Å². The van der Waals surface area contributed by atoms with Gasteiger partial charge in [0.2, 0.25) is 0 Å². The third kappa shape index (κ3) is 5.35. The average molecular weight is 212 g/mol. The van der Waals surface area contributed by atoms with E-state index in [0.717, 1.165) is 12.2 Å². The summed E-state index contributed by atoms with van der Waals surface area (Å²) in [5, 5.41) is 4.15. The predicted molar refractivity (Wildman–Crippen MR) is 65.3 cm³/mol. The van der Waals surface area contributed by atoms with Gasteiger partial charge in [-0.25, -0.2) is 0 Å². The molecule has 0 aliphatic rings. The van der Waals surface area contributed by atoms with Gasteiger partial charge < -0.3 is 0 Å². The number of ketones is 1. The molecule has 88 valence electrons. The number of nitrogens with zero attached hydrogens (tertiary/aromatic N) is 2. The molecule has 0 aliphatic carbocycles. The smallest absolute Gasteiger partial charge is 0.177 e. The Kier molecular flexibility index (Phi) is 10.3. The first-order valence-electron chi connectivity index (χ1n) is 5.70. The summed E-state index contributed by atoms with van der Waals surface area (Å²) in [5.74, 6) is 0.0763. The second kappa shape index (κ2) is 9.44. The topological polar surface area (TPSA) is 34.9 Å². The zero-order valence-corrected chi connectivity index (χ0v) is 11.1. The molecule has 3 heteroatoms. The molecule has 0 aromatic carbocycles. The van der Waals surface area contributed by atoms with Crippen LogP contribution in [-0.2, 0) is 6.54 Å². The quantitative estimate of drug-likeness (QED) is 0.704. The van der Waals surface area contributed by atoms with E-state index in [0.29, 0.717) is 5.69 Å². The van der Waals surface area contributed by atoms with Crippen molar-refractivity contribution in [3.8, 4) is 0 Å². The van der Waals surface area contributed by atoms with Crippen molar-refractivity contribution >= 4 is 5.78 Å². The fourth-order valence-corrected chi connectivity index (χ4v) is 1.07. The van der Waals surface area contributed by atoms with E-state index >= 15 is 0 Å². The number of hydrogen-bond donors (Lipinski definition) is 0. The van der Waals surface area contributed by atoms with Crippen LogP contribution in [-0.4, -0.2) is 15.6 Å². The van der Waals surface area contributed by atoms with Crippen molar-refractivity contribution in [2.75, 3.05) is 0 Å². The van der Waals surface area contributed by atoms with Crippen LogP contribution in [0.2, 0.25) is 0 Å². The normalized spacial score (nSPS) is 8.20. The number of rotatable bonds is 2. The van der Waals surface area contributed by atoms with Gasteiger partial charge in [0, 0.05) is 13.5 Å². The lowest BCUT2D eigenvalue weighted by molar-refractivity contribution is 0.100. The molecule has 1 aromatic rings. The first-order chi connectivity index (χ1) is 7.15. The van der Waals surface area contributed by atoms with Crippen molar-refractivity contribution in [3.63, 3.8) is 0 Å². The number of Topliss-reactive ketones (excluding diaryl/α,β-unsaturated/α-hetero) is 1. The number of carbonyl (C=O) groups excluding carboxylic acids is 1. The summed E-state index contributed by atoms with van der Waals surface area (Å²) < 4.78 is 1.72. The lowest BCUT2D eigenvalue weighted by Gasteiger charge is -1.98. The number of hydrogen-bond acceptors (Lipinski definition) is 2. The van der Waals surface area contributed by atoms with Gasteiger partial charge in [0.05, 0.1) is 5.69 Å². The van der Waals surface area contributed by atoms with Crippen molar-refractivity contribution in [3.05, 3.63) is 17.5 Å². The summed E-state index contributed by atoms with van der Waals surface area (Å²) in [6.07, 6.45) is 0. The van der Waals surface area contributed by atoms with E-state index in [9.17, 15) is 4.79 Å². The van der Waals surface area contributed by atoms with Crippen LogP contribution in [0.5, 0.6) is 0 Å². The predicted octanol–water partition coefficient (Wildman–Crippen LogP) is 3.47. The molecule has 1 aromatic heterocycles. The average Bonchev–Trinajstić information content (AvgIpc) is 2.65. The van der Waals surface area contributed by atoms with Crippen LogP contribution in [0, 0.1) is 6.92 Å². The lowest BCUT2D eigenvalue weighted by atomic mass is 10.3. The van der Waals surface area contributed by atoms with E-state index in [1.165, 1.54) is 0 Å². The second-order valence-electron chi connectivity index (χ2n) is 2.54. The minimum Gasteiger partial charge on any atom is -0.293 e. The third-order valence-corrected chi connectivity index (χ3v) is 1.56. The first-order valence-corrected chi connectivity index (χ1v) is 5.70. The highest BCUT2D eigenvalue weighted by Crippen LogP contribution is 2.03. The van der Waals surface area contributed by atoms with Crippen molar-refractivity contribution in [1.82, 2.24) is 9.78 Å². The SMILES string of the molecule is CC.CC.CCn1nc(C)cc1C(C)=O. The highest BCUT2D eigenvalue weighted by molar-refractivity contribution is 5.92. The van der Waals surface area contributed by atoms with Crippen molar-refractivity contribution in [2.24, 2.45) is 0 Å². The molecule has 0 radical (unpaired) electrons. The van der Waals surface area contributed by atoms with Crippen molar-refractivity contribution < 1.29 is 4.79 Å². The molecular weight excluding hydrogens is 188 g/mol. The van der Waals surface area contributed by atoms with Crippen molar-refractivity contribution in [2.45, 2.75) is 55.0 Å². The van der Waals surface area contributed by atoms with Gasteiger partial charge in [0.1, 0.15) is 5.69 Å². The van der Waals surface area contributed by atoms with E-state index in [4.69, 9.17) is 0 Å². The fraction of sp³-hybridized carbons (Fsp3) is 0.667. The van der Waals surface area contributed by atoms with E-state index in [1.54, 1.807) is 11.6 Å². The van der Waals surface area contributed by atoms with Crippen LogP contribution in [0.1, 0.15) is 57.7 Å². The van der Waals surface area contributed by atoms with Crippen molar-refractivity contribution in [1.29, 1.82) is 0 Å². The molecule has 3 nitrogen and oxygen atoms in total. The van der Waals surface area contributed by atoms with Crippen LogP contribution in [0.25, 0.3) is 0 Å². The Morgan fingerprint density at radius 3 is 2.07 bits per heavy atom. The Morgan fingerprint density at radius 1 is 1.33 bits per heavy atom. The number of aromatic nitrogens is 2. The third-order valence-electron chi connectivity index (χ3n) is 1.56. The first kappa shape index (κ1) is 16.3. The maximum absolute atomic E-state index is 11.0. The molecule has 0 spiro atoms. The minimum atomic E-state index is 0.0763. The highest BCUT2D eigenvalue weighted by atomic mass is 16.1. The minimum absolute atomic E-state index is 0.0763. The Morgan fingerprint density at radius 2 is 1.80 bits per heavy atom. The van der Waals surface area contributed by atoms with E-state index < -0.39 is 0 Å². The highest BCUT2D eigenvalue weighted by Gasteiger charge is 2.06. The van der Waals surface area contributed by atoms with Crippen LogP contribution < -0.4 is 0 Å². The molecule has 15 heavy (non-hydrogen) atoms. The summed E-state index contributed by atoms with van der Waals surface area (Å²) in [6.45, 7) is 14.2. The molecule has 1 rings (SSSR count). The van der Waals surface area contributed by atoms with Crippen LogP contribution in [0.3, 0.4) is 0 Å². The Bertz CT molecular complexity index is 277. The Hall–Kier alpha value is -1.12. The summed E-state index contributed by atoms with van der Waals surface area (Å²) >= 11 is 0. The molecule has 0 bridgehead atoms.